The normalized spacial score (nSPS) is 37.9. The molecule has 0 spiro atoms. The molecule has 1 heterocycles. The molecule has 4 nitrogen and oxygen atoms in total. The Labute approximate surface area is 65.7 Å². The molecule has 0 amide bonds. The number of aliphatic hydroxyl groups is 2. The first-order valence-electron chi connectivity index (χ1n) is 3.73. The average Bonchev–Trinajstić information content (AvgIpc) is 2.33. The van der Waals surface area contributed by atoms with Crippen LogP contribution in [0.1, 0.15) is 6.42 Å². The summed E-state index contributed by atoms with van der Waals surface area (Å²) in [6.07, 6.45) is -0.450. The lowest BCUT2D eigenvalue weighted by Gasteiger charge is -2.17. The second-order valence-corrected chi connectivity index (χ2v) is 2.65. The fraction of sp³-hybridized carbons (Fsp3) is 1.00. The molecule has 1 rings (SSSR count). The zero-order chi connectivity index (χ0) is 8.27. The van der Waals surface area contributed by atoms with Crippen molar-refractivity contribution < 1.29 is 19.7 Å². The van der Waals surface area contributed by atoms with Crippen LogP contribution in [-0.4, -0.2) is 48.8 Å². The van der Waals surface area contributed by atoms with E-state index in [-0.39, 0.29) is 18.8 Å². The highest BCUT2D eigenvalue weighted by Gasteiger charge is 2.35. The summed E-state index contributed by atoms with van der Waals surface area (Å²) in [7, 11) is 1.53. The molecule has 3 unspecified atom stereocenters. The number of methoxy groups -OCH3 is 1. The van der Waals surface area contributed by atoms with Gasteiger partial charge in [0.05, 0.1) is 12.7 Å². The third-order valence-electron chi connectivity index (χ3n) is 1.91. The summed E-state index contributed by atoms with van der Waals surface area (Å²) < 4.78 is 10.2. The van der Waals surface area contributed by atoms with Gasteiger partial charge in [0, 0.05) is 13.7 Å². The van der Waals surface area contributed by atoms with Crippen molar-refractivity contribution >= 4 is 0 Å². The van der Waals surface area contributed by atoms with Crippen molar-refractivity contribution in [3.05, 3.63) is 0 Å². The number of rotatable bonds is 3. The minimum atomic E-state index is -0.545. The largest absolute Gasteiger partial charge is 0.396 e. The lowest BCUT2D eigenvalue weighted by atomic mass is 10.1. The Morgan fingerprint density at radius 1 is 1.64 bits per heavy atom. The van der Waals surface area contributed by atoms with Gasteiger partial charge in [0.2, 0.25) is 0 Å². The van der Waals surface area contributed by atoms with E-state index < -0.39 is 6.10 Å². The van der Waals surface area contributed by atoms with Crippen LogP contribution in [0.4, 0.5) is 0 Å². The van der Waals surface area contributed by atoms with Gasteiger partial charge in [0.25, 0.3) is 0 Å². The molecule has 0 aromatic rings. The summed E-state index contributed by atoms with van der Waals surface area (Å²) in [6, 6.07) is 0. The van der Waals surface area contributed by atoms with E-state index in [0.717, 1.165) is 0 Å². The molecular formula is C7H14O4. The number of aliphatic hydroxyl groups excluding tert-OH is 2. The maximum absolute atomic E-state index is 9.25. The molecule has 0 saturated carbocycles. The van der Waals surface area contributed by atoms with Crippen molar-refractivity contribution in [2.45, 2.75) is 24.7 Å². The summed E-state index contributed by atoms with van der Waals surface area (Å²) in [4.78, 5) is 0. The van der Waals surface area contributed by atoms with Gasteiger partial charge in [0.15, 0.2) is 0 Å². The van der Waals surface area contributed by atoms with Crippen LogP contribution in [0.2, 0.25) is 0 Å². The molecule has 4 heteroatoms. The minimum absolute atomic E-state index is 0.0667. The van der Waals surface area contributed by atoms with Gasteiger partial charge >= 0.3 is 0 Å². The van der Waals surface area contributed by atoms with E-state index in [1.807, 2.05) is 0 Å². The molecule has 0 radical (unpaired) electrons. The van der Waals surface area contributed by atoms with Crippen molar-refractivity contribution in [2.75, 3.05) is 20.3 Å². The second-order valence-electron chi connectivity index (χ2n) is 2.65. The van der Waals surface area contributed by atoms with Gasteiger partial charge in [-0.3, -0.25) is 0 Å². The first kappa shape index (κ1) is 8.93. The highest BCUT2D eigenvalue weighted by atomic mass is 16.6. The van der Waals surface area contributed by atoms with Gasteiger partial charge in [-0.25, -0.2) is 0 Å². The third kappa shape index (κ3) is 1.90. The Kier molecular flexibility index (Phi) is 3.26. The number of hydrogen-bond donors (Lipinski definition) is 2. The molecule has 0 bridgehead atoms. The van der Waals surface area contributed by atoms with Crippen LogP contribution in [-0.2, 0) is 9.47 Å². The highest BCUT2D eigenvalue weighted by Crippen LogP contribution is 2.19. The molecule has 0 aliphatic carbocycles. The summed E-state index contributed by atoms with van der Waals surface area (Å²) in [5, 5.41) is 17.9. The summed E-state index contributed by atoms with van der Waals surface area (Å²) in [6.45, 7) is 0.375. The predicted molar refractivity (Wildman–Crippen MR) is 38.2 cm³/mol. The predicted octanol–water partition coefficient (Wildman–Crippen LogP) is -0.857. The van der Waals surface area contributed by atoms with Crippen LogP contribution in [0.25, 0.3) is 0 Å². The Hall–Kier alpha value is -0.160. The van der Waals surface area contributed by atoms with E-state index in [1.165, 1.54) is 7.11 Å². The van der Waals surface area contributed by atoms with Crippen LogP contribution < -0.4 is 0 Å². The molecule has 66 valence electrons. The maximum atomic E-state index is 9.25. The Balaban J connectivity index is 2.40. The van der Waals surface area contributed by atoms with Crippen LogP contribution >= 0.6 is 0 Å². The van der Waals surface area contributed by atoms with Crippen LogP contribution in [0.3, 0.4) is 0 Å². The monoisotopic (exact) mass is 162 g/mol. The van der Waals surface area contributed by atoms with Crippen LogP contribution in [0.5, 0.6) is 0 Å². The van der Waals surface area contributed by atoms with Crippen LogP contribution in [0.15, 0.2) is 0 Å². The third-order valence-corrected chi connectivity index (χ3v) is 1.91. The van der Waals surface area contributed by atoms with E-state index in [1.54, 1.807) is 0 Å². The zero-order valence-corrected chi connectivity index (χ0v) is 6.56. The zero-order valence-electron chi connectivity index (χ0n) is 6.56. The van der Waals surface area contributed by atoms with E-state index >= 15 is 0 Å². The lowest BCUT2D eigenvalue weighted by molar-refractivity contribution is -0.0180. The second kappa shape index (κ2) is 4.01. The van der Waals surface area contributed by atoms with Gasteiger partial charge in [-0.2, -0.15) is 0 Å². The quantitative estimate of drug-likeness (QED) is 0.567. The van der Waals surface area contributed by atoms with E-state index in [0.29, 0.717) is 13.0 Å². The summed E-state index contributed by atoms with van der Waals surface area (Å²) >= 11 is 0. The molecule has 11 heavy (non-hydrogen) atoms. The molecule has 2 N–H and O–H groups in total. The summed E-state index contributed by atoms with van der Waals surface area (Å²) in [5.41, 5.74) is 0. The van der Waals surface area contributed by atoms with Gasteiger partial charge in [-0.1, -0.05) is 0 Å². The lowest BCUT2D eigenvalue weighted by Crippen LogP contribution is -2.32. The van der Waals surface area contributed by atoms with Crippen LogP contribution in [0, 0.1) is 0 Å². The Morgan fingerprint density at radius 3 is 2.91 bits per heavy atom. The van der Waals surface area contributed by atoms with Crippen molar-refractivity contribution in [1.82, 2.24) is 0 Å². The van der Waals surface area contributed by atoms with Crippen molar-refractivity contribution in [3.63, 3.8) is 0 Å². The van der Waals surface area contributed by atoms with Gasteiger partial charge in [-0.15, -0.1) is 0 Å². The molecule has 3 atom stereocenters. The van der Waals surface area contributed by atoms with E-state index in [9.17, 15) is 5.11 Å². The molecule has 1 fully saturated rings. The van der Waals surface area contributed by atoms with Gasteiger partial charge in [-0.05, 0) is 6.42 Å². The Bertz CT molecular complexity index is 115. The fourth-order valence-corrected chi connectivity index (χ4v) is 1.34. The smallest absolute Gasteiger partial charge is 0.111 e. The number of ether oxygens (including phenoxy) is 2. The molecule has 1 saturated heterocycles. The highest BCUT2D eigenvalue weighted by molar-refractivity contribution is 4.83. The number of hydrogen-bond acceptors (Lipinski definition) is 4. The minimum Gasteiger partial charge on any atom is -0.396 e. The van der Waals surface area contributed by atoms with E-state index in [4.69, 9.17) is 14.6 Å². The Morgan fingerprint density at radius 2 is 2.36 bits per heavy atom. The maximum Gasteiger partial charge on any atom is 0.111 e. The molecule has 1 aliphatic heterocycles. The van der Waals surface area contributed by atoms with Gasteiger partial charge < -0.3 is 19.7 Å². The van der Waals surface area contributed by atoms with Gasteiger partial charge in [0.1, 0.15) is 12.2 Å². The van der Waals surface area contributed by atoms with Crippen molar-refractivity contribution in [1.29, 1.82) is 0 Å². The summed E-state index contributed by atoms with van der Waals surface area (Å²) in [5.74, 6) is 0. The fourth-order valence-electron chi connectivity index (χ4n) is 1.34. The first-order chi connectivity index (χ1) is 5.29. The SMILES string of the molecule is COC1C(O)COC1CCO. The van der Waals surface area contributed by atoms with Crippen molar-refractivity contribution in [2.24, 2.45) is 0 Å². The topological polar surface area (TPSA) is 58.9 Å². The molecule has 0 aromatic carbocycles. The average molecular weight is 162 g/mol. The van der Waals surface area contributed by atoms with E-state index in [2.05, 4.69) is 0 Å². The molecule has 1 aliphatic rings. The molecule has 0 aromatic heterocycles. The standard InChI is InChI=1S/C7H14O4/c1-10-7-5(9)4-11-6(7)2-3-8/h5-9H,2-4H2,1H3. The molecular weight excluding hydrogens is 148 g/mol. The first-order valence-corrected chi connectivity index (χ1v) is 3.73. The van der Waals surface area contributed by atoms with Crippen molar-refractivity contribution in [3.8, 4) is 0 Å².